The number of nitrogens with zero attached hydrogens (tertiary/aromatic N) is 3. The Balaban J connectivity index is 1.36. The van der Waals surface area contributed by atoms with Gasteiger partial charge in [0.15, 0.2) is 0 Å². The van der Waals surface area contributed by atoms with Gasteiger partial charge in [-0.3, -0.25) is 15.0 Å². The van der Waals surface area contributed by atoms with Gasteiger partial charge in [0.1, 0.15) is 11.6 Å². The number of nitrogens with one attached hydrogen (secondary N) is 2. The van der Waals surface area contributed by atoms with Crippen molar-refractivity contribution in [2.45, 2.75) is 51.7 Å². The van der Waals surface area contributed by atoms with Crippen LogP contribution in [0.4, 0.5) is 4.79 Å². The molecule has 13 heteroatoms. The lowest BCUT2D eigenvalue weighted by Crippen LogP contribution is -2.47. The molecular formula is C36H34ClN5O7. The van der Waals surface area contributed by atoms with Gasteiger partial charge in [-0.25, -0.2) is 25.0 Å². The quantitative estimate of drug-likeness (QED) is 0.180. The molecule has 2 aromatic heterocycles. The largest absolute Gasteiger partial charge is 0.481 e. The van der Waals surface area contributed by atoms with Crippen LogP contribution in [0.2, 0.25) is 5.02 Å². The Hall–Kier alpha value is -5.67. The molecule has 4 aromatic rings. The van der Waals surface area contributed by atoms with Gasteiger partial charge in [-0.05, 0) is 76.4 Å². The number of hydrazine groups is 1. The van der Waals surface area contributed by atoms with Crippen LogP contribution in [0, 0.1) is 11.8 Å². The maximum absolute atomic E-state index is 13.2. The van der Waals surface area contributed by atoms with E-state index in [9.17, 15) is 24.3 Å². The van der Waals surface area contributed by atoms with Crippen molar-refractivity contribution in [3.05, 3.63) is 88.1 Å². The number of ether oxygens (including phenoxy) is 2. The smallest absolute Gasteiger partial charge is 0.426 e. The molecule has 12 nitrogen and oxygen atoms in total. The topological polar surface area (TPSA) is 160 Å². The van der Waals surface area contributed by atoms with Crippen LogP contribution in [0.15, 0.2) is 60.8 Å². The minimum atomic E-state index is -1.01. The molecule has 1 saturated heterocycles. The number of pyridine rings is 2. The number of carbonyl (C=O) groups is 4. The van der Waals surface area contributed by atoms with E-state index in [4.69, 9.17) is 26.1 Å². The van der Waals surface area contributed by atoms with Crippen molar-refractivity contribution in [3.8, 4) is 29.0 Å². The van der Waals surface area contributed by atoms with Gasteiger partial charge in [0.2, 0.25) is 5.88 Å². The molecule has 3 heterocycles. The molecular weight excluding hydrogens is 650 g/mol. The van der Waals surface area contributed by atoms with E-state index < -0.39 is 29.6 Å². The maximum Gasteiger partial charge on any atom is 0.426 e. The zero-order valence-corrected chi connectivity index (χ0v) is 28.1. The third kappa shape index (κ3) is 8.44. The molecule has 0 spiro atoms. The molecule has 0 unspecified atom stereocenters. The summed E-state index contributed by atoms with van der Waals surface area (Å²) in [5, 5.41) is 10.3. The number of piperidine rings is 1. The Morgan fingerprint density at radius 2 is 1.76 bits per heavy atom. The summed E-state index contributed by atoms with van der Waals surface area (Å²) in [4.78, 5) is 60.4. The van der Waals surface area contributed by atoms with E-state index in [2.05, 4.69) is 27.7 Å². The zero-order chi connectivity index (χ0) is 35.3. The molecule has 0 saturated carbocycles. The number of halogens is 1. The summed E-state index contributed by atoms with van der Waals surface area (Å²) in [5.41, 5.74) is 7.20. The fourth-order valence-electron chi connectivity index (χ4n) is 5.24. The first-order valence-corrected chi connectivity index (χ1v) is 15.8. The van der Waals surface area contributed by atoms with Crippen LogP contribution in [-0.2, 0) is 9.53 Å². The van der Waals surface area contributed by atoms with E-state index in [-0.39, 0.29) is 16.5 Å². The number of hydrogen-bond donors (Lipinski definition) is 3. The van der Waals surface area contributed by atoms with Gasteiger partial charge in [0, 0.05) is 46.4 Å². The number of benzene rings is 2. The Morgan fingerprint density at radius 3 is 2.43 bits per heavy atom. The fraction of sp³-hybridized carbons (Fsp3) is 0.278. The van der Waals surface area contributed by atoms with Crippen molar-refractivity contribution in [2.24, 2.45) is 0 Å². The number of aliphatic carboxylic acids is 1. The summed E-state index contributed by atoms with van der Waals surface area (Å²) in [6, 6.07) is 14.3. The van der Waals surface area contributed by atoms with Crippen LogP contribution in [0.5, 0.6) is 5.88 Å². The summed E-state index contributed by atoms with van der Waals surface area (Å²) in [6.07, 6.45) is 2.59. The molecule has 0 aliphatic carbocycles. The lowest BCUT2D eigenvalue weighted by molar-refractivity contribution is -0.143. The van der Waals surface area contributed by atoms with E-state index in [1.54, 1.807) is 69.3 Å². The summed E-state index contributed by atoms with van der Waals surface area (Å²) < 4.78 is 10.4. The van der Waals surface area contributed by atoms with Gasteiger partial charge in [-0.1, -0.05) is 35.6 Å². The van der Waals surface area contributed by atoms with Gasteiger partial charge in [0.05, 0.1) is 28.9 Å². The Kier molecular flexibility index (Phi) is 10.3. The number of carboxylic acids is 1. The Labute approximate surface area is 287 Å². The lowest BCUT2D eigenvalue weighted by atomic mass is 10.0. The Morgan fingerprint density at radius 1 is 1.00 bits per heavy atom. The van der Waals surface area contributed by atoms with Crippen LogP contribution in [0.25, 0.3) is 22.2 Å². The molecule has 1 atom stereocenters. The highest BCUT2D eigenvalue weighted by atomic mass is 35.5. The summed E-state index contributed by atoms with van der Waals surface area (Å²) in [6.45, 7) is 5.50. The zero-order valence-electron chi connectivity index (χ0n) is 27.3. The third-order valence-electron chi connectivity index (χ3n) is 7.59. The molecule has 3 N–H and O–H groups in total. The molecule has 252 valence electrons. The van der Waals surface area contributed by atoms with Crippen LogP contribution < -0.4 is 15.6 Å². The second kappa shape index (κ2) is 14.6. The monoisotopic (exact) mass is 683 g/mol. The van der Waals surface area contributed by atoms with Crippen molar-refractivity contribution in [2.75, 3.05) is 13.7 Å². The average Bonchev–Trinajstić information content (AvgIpc) is 3.08. The van der Waals surface area contributed by atoms with Gasteiger partial charge < -0.3 is 19.5 Å². The van der Waals surface area contributed by atoms with E-state index >= 15 is 0 Å². The van der Waals surface area contributed by atoms with Crippen molar-refractivity contribution in [1.29, 1.82) is 0 Å². The number of carboxylic acid groups (broad SMARTS) is 1. The lowest BCUT2D eigenvalue weighted by Gasteiger charge is -2.33. The van der Waals surface area contributed by atoms with Crippen LogP contribution in [0.3, 0.4) is 0 Å². The predicted molar refractivity (Wildman–Crippen MR) is 182 cm³/mol. The predicted octanol–water partition coefficient (Wildman–Crippen LogP) is 5.61. The molecule has 0 bridgehead atoms. The highest BCUT2D eigenvalue weighted by Gasteiger charge is 2.32. The summed E-state index contributed by atoms with van der Waals surface area (Å²) in [7, 11) is 1.48. The Bertz CT molecular complexity index is 2000. The third-order valence-corrected chi connectivity index (χ3v) is 7.90. The van der Waals surface area contributed by atoms with Gasteiger partial charge in [-0.2, -0.15) is 0 Å². The number of carbonyl (C=O) groups excluding carboxylic acids is 3. The van der Waals surface area contributed by atoms with Crippen LogP contribution in [-0.4, -0.2) is 69.1 Å². The number of hydrogen-bond acceptors (Lipinski definition) is 8. The van der Waals surface area contributed by atoms with Gasteiger partial charge in [-0.15, -0.1) is 0 Å². The minimum Gasteiger partial charge on any atom is -0.481 e. The van der Waals surface area contributed by atoms with Crippen LogP contribution in [0.1, 0.15) is 71.9 Å². The molecule has 0 radical (unpaired) electrons. The first kappa shape index (κ1) is 34.7. The molecule has 3 amide bonds. The number of fused-ring (bicyclic) bond motifs is 1. The SMILES string of the molecule is COc1cc2nc(-c3ccc(C#Cc4ccc(C(=O)N5CCCC[C@H]5C(=O)O)cc4Cl)cc3)cc(C(=O)NNC(=O)OC(C)(C)C)c2cn1. The summed E-state index contributed by atoms with van der Waals surface area (Å²) in [5.74, 6) is 4.41. The van der Waals surface area contributed by atoms with Gasteiger partial charge >= 0.3 is 12.1 Å². The second-order valence-corrected chi connectivity index (χ2v) is 12.7. The first-order chi connectivity index (χ1) is 23.3. The van der Waals surface area contributed by atoms with Crippen molar-refractivity contribution >= 4 is 46.4 Å². The molecule has 1 aliphatic heterocycles. The number of likely N-dealkylation sites (tertiary alicyclic amines) is 1. The van der Waals surface area contributed by atoms with Crippen molar-refractivity contribution in [3.63, 3.8) is 0 Å². The van der Waals surface area contributed by atoms with Crippen LogP contribution >= 0.6 is 11.6 Å². The molecule has 5 rings (SSSR count). The number of aromatic nitrogens is 2. The molecule has 2 aromatic carbocycles. The average molecular weight is 684 g/mol. The molecule has 49 heavy (non-hydrogen) atoms. The maximum atomic E-state index is 13.2. The number of rotatable bonds is 5. The number of amides is 3. The minimum absolute atomic E-state index is 0.213. The van der Waals surface area contributed by atoms with E-state index in [1.807, 2.05) is 0 Å². The second-order valence-electron chi connectivity index (χ2n) is 12.3. The van der Waals surface area contributed by atoms with E-state index in [0.717, 1.165) is 12.8 Å². The fourth-order valence-corrected chi connectivity index (χ4v) is 5.47. The number of methoxy groups -OCH3 is 1. The molecule has 1 fully saturated rings. The standard InChI is InChI=1S/C36H34ClN5O7/c1-36(2,3)49-35(47)41-40-32(43)25-18-28(39-29-19-31(48-4)38-20-26(25)29)23-12-9-21(10-13-23)8-11-22-14-15-24(17-27(22)37)33(44)42-16-6-5-7-30(42)34(45)46/h9-10,12-15,17-20,30H,5-7,16H2,1-4H3,(H,40,43)(H,41,47)(H,45,46)/t30-/m0/s1. The van der Waals surface area contributed by atoms with E-state index in [1.165, 1.54) is 24.3 Å². The molecule has 1 aliphatic rings. The van der Waals surface area contributed by atoms with Crippen molar-refractivity contribution in [1.82, 2.24) is 25.7 Å². The summed E-state index contributed by atoms with van der Waals surface area (Å²) >= 11 is 6.49. The first-order valence-electron chi connectivity index (χ1n) is 15.4. The van der Waals surface area contributed by atoms with E-state index in [0.29, 0.717) is 57.7 Å². The highest BCUT2D eigenvalue weighted by molar-refractivity contribution is 6.32. The normalized spacial score (nSPS) is 14.3. The highest BCUT2D eigenvalue weighted by Crippen LogP contribution is 2.27. The van der Waals surface area contributed by atoms with Gasteiger partial charge in [0.25, 0.3) is 11.8 Å². The van der Waals surface area contributed by atoms with Crippen molar-refractivity contribution < 1.29 is 33.8 Å².